The van der Waals surface area contributed by atoms with Crippen molar-refractivity contribution in [3.63, 3.8) is 0 Å². The van der Waals surface area contributed by atoms with Crippen LogP contribution in [0.2, 0.25) is 0 Å². The summed E-state index contributed by atoms with van der Waals surface area (Å²) in [5.41, 5.74) is 1.44. The van der Waals surface area contributed by atoms with Crippen LogP contribution in [0.3, 0.4) is 0 Å². The first-order valence-electron chi connectivity index (χ1n) is 5.72. The molecule has 1 aromatic carbocycles. The van der Waals surface area contributed by atoms with Gasteiger partial charge < -0.3 is 9.84 Å². The highest BCUT2D eigenvalue weighted by molar-refractivity contribution is 9.09. The average molecular weight is 327 g/mol. The lowest BCUT2D eigenvalue weighted by molar-refractivity contribution is -0.138. The number of hydrogen-bond donors (Lipinski definition) is 1. The fraction of sp³-hybridized carbons (Fsp3) is 0.308. The summed E-state index contributed by atoms with van der Waals surface area (Å²) in [6.07, 6.45) is 0. The molecule has 0 aliphatic rings. The zero-order valence-corrected chi connectivity index (χ0v) is 12.3. The molecule has 6 heteroatoms. The topological polar surface area (TPSA) is 71.2 Å². The predicted octanol–water partition coefficient (Wildman–Crippen LogP) is 3.81. The van der Waals surface area contributed by atoms with Crippen LogP contribution in [0.4, 0.5) is 5.69 Å². The highest BCUT2D eigenvalue weighted by Crippen LogP contribution is 2.17. The Morgan fingerprint density at radius 1 is 1.47 bits per heavy atom. The van der Waals surface area contributed by atoms with Gasteiger partial charge in [0.1, 0.15) is 5.76 Å². The number of azo groups is 1. The third-order valence-electron chi connectivity index (χ3n) is 2.14. The number of hydrogen-bond acceptors (Lipinski definition) is 5. The first-order valence-corrected chi connectivity index (χ1v) is 6.84. The van der Waals surface area contributed by atoms with E-state index in [-0.39, 0.29) is 23.4 Å². The lowest BCUT2D eigenvalue weighted by Gasteiger charge is -2.03. The second kappa shape index (κ2) is 7.68. The van der Waals surface area contributed by atoms with Crippen LogP contribution in [-0.4, -0.2) is 23.0 Å². The van der Waals surface area contributed by atoms with Gasteiger partial charge in [0.15, 0.2) is 0 Å². The van der Waals surface area contributed by atoms with Gasteiger partial charge in [-0.25, -0.2) is 4.79 Å². The number of alkyl halides is 1. The Labute approximate surface area is 120 Å². The third-order valence-corrected chi connectivity index (χ3v) is 2.67. The van der Waals surface area contributed by atoms with Gasteiger partial charge in [0, 0.05) is 0 Å². The van der Waals surface area contributed by atoms with Gasteiger partial charge in [-0.1, -0.05) is 28.1 Å². The molecule has 0 saturated heterocycles. The molecule has 0 spiro atoms. The lowest BCUT2D eigenvalue weighted by atomic mass is 10.2. The number of aliphatic hydroxyl groups excluding tert-OH is 1. The van der Waals surface area contributed by atoms with E-state index in [1.807, 2.05) is 25.1 Å². The molecule has 0 saturated carbocycles. The van der Waals surface area contributed by atoms with Gasteiger partial charge in [-0.2, -0.15) is 5.11 Å². The lowest BCUT2D eigenvalue weighted by Crippen LogP contribution is -2.09. The number of ether oxygens (including phenoxy) is 1. The van der Waals surface area contributed by atoms with E-state index in [0.717, 1.165) is 5.56 Å². The molecular weight excluding hydrogens is 312 g/mol. The minimum absolute atomic E-state index is 0.105. The van der Waals surface area contributed by atoms with Crippen molar-refractivity contribution >= 4 is 27.6 Å². The van der Waals surface area contributed by atoms with E-state index in [1.165, 1.54) is 0 Å². The molecule has 102 valence electrons. The molecule has 5 nitrogen and oxygen atoms in total. The Morgan fingerprint density at radius 3 is 2.79 bits per heavy atom. The van der Waals surface area contributed by atoms with Crippen molar-refractivity contribution in [1.29, 1.82) is 0 Å². The highest BCUT2D eigenvalue weighted by Gasteiger charge is 2.15. The number of carbonyl (C=O) groups is 1. The minimum atomic E-state index is -0.698. The molecule has 0 bridgehead atoms. The molecule has 1 aromatic rings. The summed E-state index contributed by atoms with van der Waals surface area (Å²) < 4.78 is 4.81. The Morgan fingerprint density at radius 2 is 2.21 bits per heavy atom. The number of carbonyl (C=O) groups excluding carboxylic acids is 1. The van der Waals surface area contributed by atoms with Crippen molar-refractivity contribution in [2.75, 3.05) is 11.9 Å². The number of allylic oxidation sites excluding steroid dienone is 1. The summed E-state index contributed by atoms with van der Waals surface area (Å²) in [5.74, 6) is -0.911. The molecule has 0 radical (unpaired) electrons. The van der Waals surface area contributed by atoms with Gasteiger partial charge in [0.05, 0.1) is 17.6 Å². The molecule has 0 aromatic heterocycles. The number of halogens is 1. The van der Waals surface area contributed by atoms with Gasteiger partial charge in [0.25, 0.3) is 0 Å². The number of rotatable bonds is 5. The zero-order valence-electron chi connectivity index (χ0n) is 10.8. The Bertz CT molecular complexity index is 512. The smallest absolute Gasteiger partial charge is 0.362 e. The fourth-order valence-corrected chi connectivity index (χ4v) is 1.54. The van der Waals surface area contributed by atoms with Crippen LogP contribution in [-0.2, 0) is 9.53 Å². The van der Waals surface area contributed by atoms with E-state index >= 15 is 0 Å². The number of aliphatic hydroxyl groups is 1. The second-order valence-electron chi connectivity index (χ2n) is 3.69. The molecule has 1 N–H and O–H groups in total. The van der Waals surface area contributed by atoms with Crippen molar-refractivity contribution in [2.45, 2.75) is 13.8 Å². The zero-order chi connectivity index (χ0) is 14.3. The largest absolute Gasteiger partial charge is 0.509 e. The van der Waals surface area contributed by atoms with E-state index in [9.17, 15) is 9.90 Å². The molecule has 0 heterocycles. The minimum Gasteiger partial charge on any atom is -0.509 e. The Kier molecular flexibility index (Phi) is 6.21. The van der Waals surface area contributed by atoms with E-state index in [1.54, 1.807) is 13.0 Å². The summed E-state index contributed by atoms with van der Waals surface area (Å²) in [6, 6.07) is 7.33. The van der Waals surface area contributed by atoms with Gasteiger partial charge in [-0.3, -0.25) is 0 Å². The van der Waals surface area contributed by atoms with Crippen molar-refractivity contribution in [3.05, 3.63) is 41.3 Å². The van der Waals surface area contributed by atoms with Gasteiger partial charge in [-0.05, 0) is 31.5 Å². The summed E-state index contributed by atoms with van der Waals surface area (Å²) >= 11 is 3.06. The predicted molar refractivity (Wildman–Crippen MR) is 75.8 cm³/mol. The summed E-state index contributed by atoms with van der Waals surface area (Å²) in [6.45, 7) is 3.81. The van der Waals surface area contributed by atoms with Crippen molar-refractivity contribution in [3.8, 4) is 0 Å². The maximum atomic E-state index is 11.6. The van der Waals surface area contributed by atoms with Gasteiger partial charge >= 0.3 is 5.97 Å². The van der Waals surface area contributed by atoms with Crippen molar-refractivity contribution in [2.24, 2.45) is 10.2 Å². The van der Waals surface area contributed by atoms with Crippen LogP contribution in [0.25, 0.3) is 0 Å². The van der Waals surface area contributed by atoms with Crippen LogP contribution < -0.4 is 0 Å². The highest BCUT2D eigenvalue weighted by atomic mass is 79.9. The maximum absolute atomic E-state index is 11.6. The molecule has 0 atom stereocenters. The number of aryl methyl sites for hydroxylation is 1. The number of benzene rings is 1. The van der Waals surface area contributed by atoms with E-state index in [4.69, 9.17) is 4.74 Å². The maximum Gasteiger partial charge on any atom is 0.362 e. The summed E-state index contributed by atoms with van der Waals surface area (Å²) in [7, 11) is 0. The molecular formula is C13H15BrN2O3. The average Bonchev–Trinajstić information content (AvgIpc) is 2.39. The van der Waals surface area contributed by atoms with Crippen LogP contribution in [0, 0.1) is 6.92 Å². The molecule has 0 unspecified atom stereocenters. The molecule has 0 amide bonds. The van der Waals surface area contributed by atoms with Crippen LogP contribution in [0.1, 0.15) is 12.5 Å². The first kappa shape index (κ1) is 15.4. The summed E-state index contributed by atoms with van der Waals surface area (Å²) in [5, 5.41) is 17.4. The monoisotopic (exact) mass is 326 g/mol. The van der Waals surface area contributed by atoms with E-state index in [2.05, 4.69) is 26.2 Å². The normalized spacial score (nSPS) is 12.4. The molecule has 1 rings (SSSR count). The number of nitrogens with zero attached hydrogens (tertiary/aromatic N) is 2. The Hall–Kier alpha value is -1.69. The fourth-order valence-electron chi connectivity index (χ4n) is 1.28. The standard InChI is InChI=1S/C13H15BrN2O3/c1-3-19-13(18)12(11(17)8-14)16-15-10-6-4-5-9(2)7-10/h4-7,17H,3,8H2,1-2H3/b12-11-,16-15?. The third kappa shape index (κ3) is 4.82. The molecule has 0 aliphatic heterocycles. The van der Waals surface area contributed by atoms with Crippen molar-refractivity contribution in [1.82, 2.24) is 0 Å². The van der Waals surface area contributed by atoms with Crippen LogP contribution >= 0.6 is 15.9 Å². The van der Waals surface area contributed by atoms with E-state index < -0.39 is 5.97 Å². The molecule has 0 fully saturated rings. The Balaban J connectivity index is 2.99. The summed E-state index contributed by atoms with van der Waals surface area (Å²) in [4.78, 5) is 11.6. The van der Waals surface area contributed by atoms with E-state index in [0.29, 0.717) is 5.69 Å². The molecule has 0 aliphatic carbocycles. The molecule has 19 heavy (non-hydrogen) atoms. The number of esters is 1. The van der Waals surface area contributed by atoms with Crippen molar-refractivity contribution < 1.29 is 14.6 Å². The van der Waals surface area contributed by atoms with Crippen LogP contribution in [0.5, 0.6) is 0 Å². The first-order chi connectivity index (χ1) is 9.08. The second-order valence-corrected chi connectivity index (χ2v) is 4.25. The van der Waals surface area contributed by atoms with Crippen LogP contribution in [0.15, 0.2) is 46.0 Å². The van der Waals surface area contributed by atoms with Gasteiger partial charge in [-0.15, -0.1) is 5.11 Å². The SMILES string of the molecule is CCOC(=O)/C(N=Nc1cccc(C)c1)=C(/O)CBr. The quantitative estimate of drug-likeness (QED) is 0.294. The van der Waals surface area contributed by atoms with Gasteiger partial charge in [0.2, 0.25) is 5.70 Å².